The van der Waals surface area contributed by atoms with E-state index in [1.54, 1.807) is 18.5 Å². The Labute approximate surface area is 134 Å². The fraction of sp³-hybridized carbons (Fsp3) is 0.471. The summed E-state index contributed by atoms with van der Waals surface area (Å²) in [5, 5.41) is 3.54. The second-order valence-electron chi connectivity index (χ2n) is 6.21. The molecule has 0 saturated carbocycles. The summed E-state index contributed by atoms with van der Waals surface area (Å²) < 4.78 is 5.23. The molecule has 0 aromatic carbocycles. The van der Waals surface area contributed by atoms with Crippen molar-refractivity contribution in [1.82, 2.24) is 14.9 Å². The van der Waals surface area contributed by atoms with E-state index in [-0.39, 0.29) is 11.9 Å². The van der Waals surface area contributed by atoms with Crippen LogP contribution in [0.4, 0.5) is 5.82 Å². The van der Waals surface area contributed by atoms with E-state index in [1.165, 1.54) is 17.5 Å². The zero-order chi connectivity index (χ0) is 15.6. The number of likely N-dealkylation sites (tertiary alicyclic amines) is 1. The van der Waals surface area contributed by atoms with Crippen LogP contribution in [0.2, 0.25) is 0 Å². The lowest BCUT2D eigenvalue weighted by atomic mass is 10.0. The van der Waals surface area contributed by atoms with E-state index in [0.29, 0.717) is 12.3 Å². The van der Waals surface area contributed by atoms with Gasteiger partial charge in [-0.25, -0.2) is 9.97 Å². The number of rotatable bonds is 3. The number of nitrogens with zero attached hydrogens (tertiary/aromatic N) is 3. The van der Waals surface area contributed by atoms with Crippen molar-refractivity contribution >= 4 is 11.7 Å². The van der Waals surface area contributed by atoms with Crippen LogP contribution in [0, 0.1) is 0 Å². The normalized spacial score (nSPS) is 20.3. The third-order valence-electron chi connectivity index (χ3n) is 4.66. The van der Waals surface area contributed by atoms with Gasteiger partial charge in [-0.15, -0.1) is 0 Å². The average Bonchev–Trinajstić information content (AvgIpc) is 3.26. The summed E-state index contributed by atoms with van der Waals surface area (Å²) in [5.74, 6) is 1.33. The molecule has 6 heteroatoms. The molecule has 1 aliphatic carbocycles. The minimum Gasteiger partial charge on any atom is -0.459 e. The molecule has 1 fully saturated rings. The van der Waals surface area contributed by atoms with Crippen molar-refractivity contribution in [2.24, 2.45) is 0 Å². The lowest BCUT2D eigenvalue weighted by molar-refractivity contribution is 0.0682. The van der Waals surface area contributed by atoms with Crippen molar-refractivity contribution in [3.05, 3.63) is 41.7 Å². The molecule has 0 spiro atoms. The molecule has 1 atom stereocenters. The summed E-state index contributed by atoms with van der Waals surface area (Å²) >= 11 is 0. The summed E-state index contributed by atoms with van der Waals surface area (Å²) in [4.78, 5) is 23.1. The van der Waals surface area contributed by atoms with Crippen LogP contribution in [0.25, 0.3) is 0 Å². The fourth-order valence-electron chi connectivity index (χ4n) is 3.51. The lowest BCUT2D eigenvalue weighted by Gasteiger charge is -2.33. The molecule has 6 nitrogen and oxygen atoms in total. The zero-order valence-corrected chi connectivity index (χ0v) is 13.0. The van der Waals surface area contributed by atoms with Gasteiger partial charge in [-0.3, -0.25) is 4.79 Å². The van der Waals surface area contributed by atoms with Crippen molar-refractivity contribution in [3.8, 4) is 0 Å². The largest absolute Gasteiger partial charge is 0.459 e. The van der Waals surface area contributed by atoms with Crippen LogP contribution in [-0.2, 0) is 12.8 Å². The summed E-state index contributed by atoms with van der Waals surface area (Å²) in [6.45, 7) is 1.46. The van der Waals surface area contributed by atoms with Crippen LogP contribution in [0.3, 0.4) is 0 Å². The Balaban J connectivity index is 1.46. The topological polar surface area (TPSA) is 71.3 Å². The van der Waals surface area contributed by atoms with E-state index in [4.69, 9.17) is 4.42 Å². The highest BCUT2D eigenvalue weighted by Gasteiger charge is 2.27. The zero-order valence-electron chi connectivity index (χ0n) is 13.0. The quantitative estimate of drug-likeness (QED) is 0.941. The maximum atomic E-state index is 12.4. The number of aryl methyl sites for hydroxylation is 1. The maximum Gasteiger partial charge on any atom is 0.289 e. The molecule has 1 N–H and O–H groups in total. The summed E-state index contributed by atoms with van der Waals surface area (Å²) in [6, 6.07) is 3.69. The molecule has 1 amide bonds. The molecule has 23 heavy (non-hydrogen) atoms. The SMILES string of the molecule is O=C(c1ccco1)N1CCC[C@H](Nc2ncnc3c2CCC3)C1. The minimum absolute atomic E-state index is 0.0329. The maximum absolute atomic E-state index is 12.4. The molecule has 3 heterocycles. The Kier molecular flexibility index (Phi) is 3.73. The Morgan fingerprint density at radius 1 is 1.30 bits per heavy atom. The Hall–Kier alpha value is -2.37. The molecule has 0 bridgehead atoms. The minimum atomic E-state index is -0.0329. The van der Waals surface area contributed by atoms with Gasteiger partial charge in [-0.05, 0) is 44.2 Å². The van der Waals surface area contributed by atoms with E-state index in [1.807, 2.05) is 4.90 Å². The van der Waals surface area contributed by atoms with E-state index in [0.717, 1.165) is 44.5 Å². The molecule has 0 radical (unpaired) electrons. The highest BCUT2D eigenvalue weighted by Crippen LogP contribution is 2.26. The second kappa shape index (κ2) is 6.02. The van der Waals surface area contributed by atoms with Crippen molar-refractivity contribution in [2.75, 3.05) is 18.4 Å². The molecule has 1 aliphatic heterocycles. The van der Waals surface area contributed by atoms with Crippen LogP contribution in [0.15, 0.2) is 29.1 Å². The van der Waals surface area contributed by atoms with Gasteiger partial charge in [-0.2, -0.15) is 0 Å². The van der Waals surface area contributed by atoms with Crippen molar-refractivity contribution < 1.29 is 9.21 Å². The van der Waals surface area contributed by atoms with Crippen molar-refractivity contribution in [1.29, 1.82) is 0 Å². The predicted octanol–water partition coefficient (Wildman–Crippen LogP) is 2.28. The molecule has 120 valence electrons. The van der Waals surface area contributed by atoms with Crippen LogP contribution >= 0.6 is 0 Å². The van der Waals surface area contributed by atoms with Crippen LogP contribution < -0.4 is 5.32 Å². The van der Waals surface area contributed by atoms with Crippen LogP contribution in [0.1, 0.15) is 41.1 Å². The first-order valence-electron chi connectivity index (χ1n) is 8.23. The van der Waals surface area contributed by atoms with E-state index >= 15 is 0 Å². The monoisotopic (exact) mass is 312 g/mol. The first-order chi connectivity index (χ1) is 11.3. The molecular weight excluding hydrogens is 292 g/mol. The predicted molar refractivity (Wildman–Crippen MR) is 85.3 cm³/mol. The number of hydrogen-bond donors (Lipinski definition) is 1. The number of carbonyl (C=O) groups excluding carboxylic acids is 1. The lowest BCUT2D eigenvalue weighted by Crippen LogP contribution is -2.45. The van der Waals surface area contributed by atoms with E-state index < -0.39 is 0 Å². The fourth-order valence-corrected chi connectivity index (χ4v) is 3.51. The van der Waals surface area contributed by atoms with Gasteiger partial charge in [-0.1, -0.05) is 0 Å². The van der Waals surface area contributed by atoms with Gasteiger partial charge in [0.1, 0.15) is 12.1 Å². The highest BCUT2D eigenvalue weighted by molar-refractivity contribution is 5.91. The molecular formula is C17H20N4O2. The first-order valence-corrected chi connectivity index (χ1v) is 8.23. The van der Waals surface area contributed by atoms with Gasteiger partial charge in [0.2, 0.25) is 0 Å². The van der Waals surface area contributed by atoms with Crippen LogP contribution in [-0.4, -0.2) is 39.9 Å². The molecule has 2 aromatic rings. The molecule has 4 rings (SSSR count). The second-order valence-corrected chi connectivity index (χ2v) is 6.21. The van der Waals surface area contributed by atoms with Gasteiger partial charge in [0, 0.05) is 30.4 Å². The van der Waals surface area contributed by atoms with Gasteiger partial charge in [0.05, 0.1) is 6.26 Å². The Morgan fingerprint density at radius 3 is 3.13 bits per heavy atom. The number of aromatic nitrogens is 2. The molecule has 2 aliphatic rings. The number of anilines is 1. The van der Waals surface area contributed by atoms with Crippen LogP contribution in [0.5, 0.6) is 0 Å². The number of furan rings is 1. The van der Waals surface area contributed by atoms with E-state index in [2.05, 4.69) is 15.3 Å². The Bertz CT molecular complexity index is 699. The molecule has 0 unspecified atom stereocenters. The van der Waals surface area contributed by atoms with Gasteiger partial charge in [0.25, 0.3) is 5.91 Å². The molecule has 2 aromatic heterocycles. The van der Waals surface area contributed by atoms with Gasteiger partial charge in [0.15, 0.2) is 5.76 Å². The highest BCUT2D eigenvalue weighted by atomic mass is 16.3. The van der Waals surface area contributed by atoms with Crippen molar-refractivity contribution in [3.63, 3.8) is 0 Å². The van der Waals surface area contributed by atoms with Crippen molar-refractivity contribution in [2.45, 2.75) is 38.1 Å². The number of nitrogens with one attached hydrogen (secondary N) is 1. The number of fused-ring (bicyclic) bond motifs is 1. The standard InChI is InChI=1S/C17H20N4O2/c22-17(15-7-3-9-23-15)21-8-2-4-12(10-21)20-16-13-5-1-6-14(13)18-11-19-16/h3,7,9,11-12H,1-2,4-6,8,10H2,(H,18,19,20)/t12-/m0/s1. The van der Waals surface area contributed by atoms with Gasteiger partial charge < -0.3 is 14.6 Å². The number of carbonyl (C=O) groups is 1. The number of amides is 1. The Morgan fingerprint density at radius 2 is 2.26 bits per heavy atom. The molecule has 1 saturated heterocycles. The third kappa shape index (κ3) is 2.81. The summed E-state index contributed by atoms with van der Waals surface area (Å²) in [6.07, 6.45) is 8.44. The first kappa shape index (κ1) is 14.2. The van der Waals surface area contributed by atoms with Gasteiger partial charge >= 0.3 is 0 Å². The van der Waals surface area contributed by atoms with E-state index in [9.17, 15) is 4.79 Å². The third-order valence-corrected chi connectivity index (χ3v) is 4.66. The summed E-state index contributed by atoms with van der Waals surface area (Å²) in [7, 11) is 0. The number of piperidine rings is 1. The summed E-state index contributed by atoms with van der Waals surface area (Å²) in [5.41, 5.74) is 2.42. The smallest absolute Gasteiger partial charge is 0.289 e. The average molecular weight is 312 g/mol. The number of hydrogen-bond acceptors (Lipinski definition) is 5.